The minimum absolute atomic E-state index is 0.328. The van der Waals surface area contributed by atoms with Crippen LogP contribution in [-0.4, -0.2) is 80.6 Å². The number of benzene rings is 1. The van der Waals surface area contributed by atoms with E-state index in [9.17, 15) is 26.3 Å². The Labute approximate surface area is 221 Å². The van der Waals surface area contributed by atoms with Crippen molar-refractivity contribution in [2.24, 2.45) is 0 Å². The summed E-state index contributed by atoms with van der Waals surface area (Å²) in [6.45, 7) is 10.7. The first-order chi connectivity index (χ1) is 17.9. The highest BCUT2D eigenvalue weighted by Gasteiger charge is 2.38. The van der Waals surface area contributed by atoms with Gasteiger partial charge in [0.15, 0.2) is 0 Å². The van der Waals surface area contributed by atoms with Crippen molar-refractivity contribution >= 4 is 11.9 Å². The molecule has 1 aromatic heterocycles. The number of ether oxygens (including phenoxy) is 1. The lowest BCUT2D eigenvalue weighted by molar-refractivity contribution is -0.193. The quantitative estimate of drug-likeness (QED) is 0.487. The summed E-state index contributed by atoms with van der Waals surface area (Å²) in [4.78, 5) is 27.4. The number of halogens is 6. The first kappa shape index (κ1) is 33.7. The van der Waals surface area contributed by atoms with E-state index in [1.165, 1.54) is 17.1 Å². The normalized spacial score (nSPS) is 15.6. The molecule has 0 amide bonds. The molecule has 0 saturated heterocycles. The summed E-state index contributed by atoms with van der Waals surface area (Å²) in [5, 5.41) is 14.2. The van der Waals surface area contributed by atoms with E-state index in [4.69, 9.17) is 29.5 Å². The molecule has 2 aromatic rings. The molecule has 39 heavy (non-hydrogen) atoms. The van der Waals surface area contributed by atoms with E-state index in [0.717, 1.165) is 31.9 Å². The summed E-state index contributed by atoms with van der Waals surface area (Å²) < 4.78 is 71.1. The molecule has 9 nitrogen and oxygen atoms in total. The molecule has 220 valence electrons. The third kappa shape index (κ3) is 10.8. The molecule has 3 rings (SSSR count). The van der Waals surface area contributed by atoms with Crippen molar-refractivity contribution in [3.8, 4) is 5.75 Å². The van der Waals surface area contributed by atoms with Crippen molar-refractivity contribution in [1.82, 2.24) is 19.4 Å². The van der Waals surface area contributed by atoms with Gasteiger partial charge in [-0.15, -0.1) is 0 Å². The van der Waals surface area contributed by atoms with Crippen molar-refractivity contribution in [2.75, 3.05) is 20.7 Å². The van der Waals surface area contributed by atoms with E-state index in [1.54, 1.807) is 7.11 Å². The van der Waals surface area contributed by atoms with Gasteiger partial charge in [-0.1, -0.05) is 12.1 Å². The predicted molar refractivity (Wildman–Crippen MR) is 128 cm³/mol. The molecule has 1 unspecified atom stereocenters. The van der Waals surface area contributed by atoms with Crippen molar-refractivity contribution in [3.05, 3.63) is 47.5 Å². The third-order valence-electron chi connectivity index (χ3n) is 5.82. The van der Waals surface area contributed by atoms with Crippen LogP contribution >= 0.6 is 0 Å². The average molecular weight is 571 g/mol. The van der Waals surface area contributed by atoms with Gasteiger partial charge in [-0.3, -0.25) is 9.80 Å². The number of aliphatic carboxylic acids is 2. The second-order valence-corrected chi connectivity index (χ2v) is 8.87. The van der Waals surface area contributed by atoms with Crippen LogP contribution in [0.2, 0.25) is 0 Å². The number of rotatable bonds is 6. The van der Waals surface area contributed by atoms with Gasteiger partial charge in [-0.2, -0.15) is 26.3 Å². The van der Waals surface area contributed by atoms with Gasteiger partial charge < -0.3 is 19.5 Å². The lowest BCUT2D eigenvalue weighted by atomic mass is 10.1. The molecule has 1 aromatic carbocycles. The zero-order chi connectivity index (χ0) is 30.1. The van der Waals surface area contributed by atoms with Gasteiger partial charge >= 0.3 is 24.3 Å². The molecule has 2 N–H and O–H groups in total. The van der Waals surface area contributed by atoms with E-state index in [0.29, 0.717) is 12.1 Å². The monoisotopic (exact) mass is 570 g/mol. The topological polar surface area (TPSA) is 108 Å². The fourth-order valence-electron chi connectivity index (χ4n) is 3.35. The van der Waals surface area contributed by atoms with Gasteiger partial charge in [0.2, 0.25) is 0 Å². The van der Waals surface area contributed by atoms with Crippen LogP contribution in [-0.2, 0) is 29.2 Å². The molecule has 0 spiro atoms. The number of fused-ring (bicyclic) bond motifs is 1. The number of methoxy groups -OCH3 is 1. The van der Waals surface area contributed by atoms with Gasteiger partial charge in [0, 0.05) is 38.4 Å². The number of hydrogen-bond acceptors (Lipinski definition) is 6. The fourth-order valence-corrected chi connectivity index (χ4v) is 3.35. The number of nitrogens with zero attached hydrogens (tertiary/aromatic N) is 4. The highest BCUT2D eigenvalue weighted by atomic mass is 19.4. The molecule has 1 aliphatic rings. The SMILES string of the molecule is COc1ccc(CN2CCn3c(CN(C)C(C)C)cnc3C2C)cc1.O=C(O)C(F)(F)F.O=C(O)C(F)(F)F. The van der Waals surface area contributed by atoms with Gasteiger partial charge in [0.05, 0.1) is 18.8 Å². The molecule has 0 radical (unpaired) electrons. The van der Waals surface area contributed by atoms with E-state index in [2.05, 4.69) is 60.5 Å². The fraction of sp³-hybridized carbons (Fsp3) is 0.542. The highest BCUT2D eigenvalue weighted by Crippen LogP contribution is 2.28. The number of hydrogen-bond donors (Lipinski definition) is 2. The van der Waals surface area contributed by atoms with E-state index in [-0.39, 0.29) is 0 Å². The smallest absolute Gasteiger partial charge is 0.490 e. The lowest BCUT2D eigenvalue weighted by Crippen LogP contribution is -2.37. The van der Waals surface area contributed by atoms with Crippen LogP contribution in [0.25, 0.3) is 0 Å². The molecule has 0 saturated carbocycles. The van der Waals surface area contributed by atoms with Crippen molar-refractivity contribution in [3.63, 3.8) is 0 Å². The molecule has 1 atom stereocenters. The molecular formula is C24H32F6N4O5. The highest BCUT2D eigenvalue weighted by molar-refractivity contribution is 5.73. The Morgan fingerprint density at radius 3 is 1.95 bits per heavy atom. The van der Waals surface area contributed by atoms with Gasteiger partial charge in [0.25, 0.3) is 0 Å². The van der Waals surface area contributed by atoms with Crippen LogP contribution in [0.4, 0.5) is 26.3 Å². The number of carboxylic acid groups (broad SMARTS) is 2. The van der Waals surface area contributed by atoms with Crippen LogP contribution in [0, 0.1) is 0 Å². The van der Waals surface area contributed by atoms with Gasteiger partial charge in [-0.05, 0) is 45.5 Å². The second-order valence-electron chi connectivity index (χ2n) is 8.87. The first-order valence-corrected chi connectivity index (χ1v) is 11.6. The summed E-state index contributed by atoms with van der Waals surface area (Å²) >= 11 is 0. The predicted octanol–water partition coefficient (Wildman–Crippen LogP) is 4.58. The lowest BCUT2D eigenvalue weighted by Gasteiger charge is -2.35. The van der Waals surface area contributed by atoms with Crippen LogP contribution in [0.1, 0.15) is 43.9 Å². The summed E-state index contributed by atoms with van der Waals surface area (Å²) in [7, 11) is 3.88. The summed E-state index contributed by atoms with van der Waals surface area (Å²) in [6.07, 6.45) is -8.11. The Kier molecular flexibility index (Phi) is 12.2. The molecule has 1 aliphatic heterocycles. The zero-order valence-corrected chi connectivity index (χ0v) is 22.0. The Hall–Kier alpha value is -3.33. The standard InChI is InChI=1S/C20H30N4O.2C2HF3O2/c1-15(2)22(4)14-18-12-21-20-16(3)23(10-11-24(18)20)13-17-6-8-19(25-5)9-7-17;2*3-2(4,5)1(6)7/h6-9,12,15-16H,10-11,13-14H2,1-5H3;2*(H,6,7). The number of alkyl halides is 6. The summed E-state index contributed by atoms with van der Waals surface area (Å²) in [5.41, 5.74) is 2.63. The largest absolute Gasteiger partial charge is 0.497 e. The Bertz CT molecular complexity index is 1050. The number of imidazole rings is 1. The Morgan fingerprint density at radius 2 is 1.54 bits per heavy atom. The summed E-state index contributed by atoms with van der Waals surface area (Å²) in [6, 6.07) is 9.23. The zero-order valence-electron chi connectivity index (χ0n) is 22.0. The third-order valence-corrected chi connectivity index (χ3v) is 5.82. The maximum absolute atomic E-state index is 10.6. The van der Waals surface area contributed by atoms with Gasteiger partial charge in [0.1, 0.15) is 11.6 Å². The molecule has 15 heteroatoms. The number of aromatic nitrogens is 2. The molecule has 0 bridgehead atoms. The van der Waals surface area contributed by atoms with Crippen LogP contribution in [0.15, 0.2) is 30.5 Å². The van der Waals surface area contributed by atoms with Crippen LogP contribution in [0.3, 0.4) is 0 Å². The maximum atomic E-state index is 10.6. The van der Waals surface area contributed by atoms with Crippen LogP contribution in [0.5, 0.6) is 5.75 Å². The average Bonchev–Trinajstić information content (AvgIpc) is 3.24. The van der Waals surface area contributed by atoms with Crippen LogP contribution < -0.4 is 4.74 Å². The summed E-state index contributed by atoms with van der Waals surface area (Å²) in [5.74, 6) is -3.42. The number of carbonyl (C=O) groups is 2. The minimum Gasteiger partial charge on any atom is -0.497 e. The molecular weight excluding hydrogens is 538 g/mol. The first-order valence-electron chi connectivity index (χ1n) is 11.6. The Balaban J connectivity index is 0.000000449. The Morgan fingerprint density at radius 1 is 1.05 bits per heavy atom. The molecule has 0 fully saturated rings. The van der Waals surface area contributed by atoms with Crippen molar-refractivity contribution in [2.45, 2.75) is 64.8 Å². The maximum Gasteiger partial charge on any atom is 0.490 e. The van der Waals surface area contributed by atoms with Crippen molar-refractivity contribution in [1.29, 1.82) is 0 Å². The number of carboxylic acids is 2. The molecule has 2 heterocycles. The second kappa shape index (κ2) is 14.2. The van der Waals surface area contributed by atoms with E-state index in [1.807, 2.05) is 12.1 Å². The molecule has 0 aliphatic carbocycles. The van der Waals surface area contributed by atoms with Crippen molar-refractivity contribution < 1.29 is 50.9 Å². The van der Waals surface area contributed by atoms with E-state index < -0.39 is 24.3 Å². The van der Waals surface area contributed by atoms with E-state index >= 15 is 0 Å². The van der Waals surface area contributed by atoms with Gasteiger partial charge in [-0.25, -0.2) is 14.6 Å². The minimum atomic E-state index is -5.08.